The molecule has 0 saturated carbocycles. The summed E-state index contributed by atoms with van der Waals surface area (Å²) in [4.78, 5) is 0. The summed E-state index contributed by atoms with van der Waals surface area (Å²) >= 11 is 0. The van der Waals surface area contributed by atoms with E-state index in [-0.39, 0.29) is 12.5 Å². The van der Waals surface area contributed by atoms with E-state index in [0.29, 0.717) is 18.7 Å². The summed E-state index contributed by atoms with van der Waals surface area (Å²) in [5.74, 6) is -1.44. The first kappa shape index (κ1) is 13.1. The number of hydrogen-bond donors (Lipinski definition) is 2. The molecule has 1 rings (SSSR count). The van der Waals surface area contributed by atoms with Crippen LogP contribution < -0.4 is 5.32 Å². The van der Waals surface area contributed by atoms with E-state index in [1.165, 1.54) is 6.07 Å². The van der Waals surface area contributed by atoms with Gasteiger partial charge in [0.25, 0.3) is 0 Å². The standard InChI is InChI=1S/C12H17F2NO/c1-2-9(8-16)6-15-7-10-3-4-11(13)12(14)5-10/h3-5,9,15-16H,2,6-8H2,1H3. The van der Waals surface area contributed by atoms with Crippen LogP contribution >= 0.6 is 0 Å². The van der Waals surface area contributed by atoms with Crippen LogP contribution in [0.15, 0.2) is 18.2 Å². The molecule has 0 spiro atoms. The molecule has 4 heteroatoms. The molecule has 2 nitrogen and oxygen atoms in total. The molecule has 0 aliphatic rings. The van der Waals surface area contributed by atoms with Gasteiger partial charge >= 0.3 is 0 Å². The number of halogens is 2. The summed E-state index contributed by atoms with van der Waals surface area (Å²) in [5.41, 5.74) is 0.701. The fourth-order valence-corrected chi connectivity index (χ4v) is 1.41. The minimum absolute atomic E-state index is 0.140. The van der Waals surface area contributed by atoms with Crippen LogP contribution in [0.3, 0.4) is 0 Å². The molecule has 90 valence electrons. The van der Waals surface area contributed by atoms with E-state index in [9.17, 15) is 8.78 Å². The van der Waals surface area contributed by atoms with Crippen molar-refractivity contribution in [2.45, 2.75) is 19.9 Å². The van der Waals surface area contributed by atoms with Crippen LogP contribution in [0.1, 0.15) is 18.9 Å². The number of benzene rings is 1. The lowest BCUT2D eigenvalue weighted by Gasteiger charge is -2.12. The van der Waals surface area contributed by atoms with Crippen LogP contribution in [0.2, 0.25) is 0 Å². The van der Waals surface area contributed by atoms with Crippen molar-refractivity contribution in [3.8, 4) is 0 Å². The van der Waals surface area contributed by atoms with E-state index >= 15 is 0 Å². The maximum absolute atomic E-state index is 12.9. The Morgan fingerprint density at radius 1 is 1.31 bits per heavy atom. The summed E-state index contributed by atoms with van der Waals surface area (Å²) in [5, 5.41) is 12.1. The van der Waals surface area contributed by atoms with Gasteiger partial charge in [-0.3, -0.25) is 0 Å². The normalized spacial score (nSPS) is 12.8. The van der Waals surface area contributed by atoms with Crippen molar-refractivity contribution < 1.29 is 13.9 Å². The smallest absolute Gasteiger partial charge is 0.159 e. The third kappa shape index (κ3) is 3.87. The van der Waals surface area contributed by atoms with Gasteiger partial charge in [-0.15, -0.1) is 0 Å². The van der Waals surface area contributed by atoms with Crippen LogP contribution in [0, 0.1) is 17.6 Å². The third-order valence-corrected chi connectivity index (χ3v) is 2.58. The van der Waals surface area contributed by atoms with Crippen molar-refractivity contribution in [3.05, 3.63) is 35.4 Å². The number of rotatable bonds is 6. The Bertz CT molecular complexity index is 327. The zero-order chi connectivity index (χ0) is 12.0. The lowest BCUT2D eigenvalue weighted by Crippen LogP contribution is -2.24. The highest BCUT2D eigenvalue weighted by atomic mass is 19.2. The van der Waals surface area contributed by atoms with E-state index in [4.69, 9.17) is 5.11 Å². The maximum atomic E-state index is 12.9. The molecule has 0 saturated heterocycles. The molecule has 0 heterocycles. The number of nitrogens with one attached hydrogen (secondary N) is 1. The maximum Gasteiger partial charge on any atom is 0.159 e. The van der Waals surface area contributed by atoms with Crippen molar-refractivity contribution in [1.82, 2.24) is 5.32 Å². The Labute approximate surface area is 94.3 Å². The zero-order valence-electron chi connectivity index (χ0n) is 9.34. The van der Waals surface area contributed by atoms with Gasteiger partial charge < -0.3 is 10.4 Å². The molecule has 0 aromatic heterocycles. The van der Waals surface area contributed by atoms with Crippen molar-refractivity contribution in [1.29, 1.82) is 0 Å². The number of hydrogen-bond acceptors (Lipinski definition) is 2. The van der Waals surface area contributed by atoms with E-state index in [0.717, 1.165) is 12.5 Å². The number of aliphatic hydroxyl groups excluding tert-OH is 1. The second-order valence-corrected chi connectivity index (χ2v) is 3.84. The predicted octanol–water partition coefficient (Wildman–Crippen LogP) is 2.07. The Morgan fingerprint density at radius 3 is 2.62 bits per heavy atom. The van der Waals surface area contributed by atoms with Crippen LogP contribution in [0.5, 0.6) is 0 Å². The third-order valence-electron chi connectivity index (χ3n) is 2.58. The van der Waals surface area contributed by atoms with Gasteiger partial charge in [-0.25, -0.2) is 8.78 Å². The van der Waals surface area contributed by atoms with Gasteiger partial charge in [0.15, 0.2) is 11.6 Å². The molecule has 16 heavy (non-hydrogen) atoms. The Hall–Kier alpha value is -1.00. The van der Waals surface area contributed by atoms with Crippen molar-refractivity contribution in [2.75, 3.05) is 13.2 Å². The SMILES string of the molecule is CCC(CO)CNCc1ccc(F)c(F)c1. The van der Waals surface area contributed by atoms with Gasteiger partial charge in [-0.05, 0) is 30.0 Å². The molecule has 0 fully saturated rings. The lowest BCUT2D eigenvalue weighted by molar-refractivity contribution is 0.218. The highest BCUT2D eigenvalue weighted by Crippen LogP contribution is 2.08. The summed E-state index contributed by atoms with van der Waals surface area (Å²) in [6, 6.07) is 3.85. The molecular formula is C12H17F2NO. The van der Waals surface area contributed by atoms with Crippen molar-refractivity contribution >= 4 is 0 Å². The lowest BCUT2D eigenvalue weighted by atomic mass is 10.1. The Kier molecular flexibility index (Phi) is 5.35. The summed E-state index contributed by atoms with van der Waals surface area (Å²) < 4.78 is 25.5. The fraction of sp³-hybridized carbons (Fsp3) is 0.500. The highest BCUT2D eigenvalue weighted by Gasteiger charge is 2.05. The topological polar surface area (TPSA) is 32.3 Å². The van der Waals surface area contributed by atoms with Crippen LogP contribution in [-0.4, -0.2) is 18.3 Å². The molecule has 0 bridgehead atoms. The van der Waals surface area contributed by atoms with E-state index in [1.54, 1.807) is 6.07 Å². The summed E-state index contributed by atoms with van der Waals surface area (Å²) in [7, 11) is 0. The molecule has 0 amide bonds. The monoisotopic (exact) mass is 229 g/mol. The molecule has 1 aromatic carbocycles. The summed E-state index contributed by atoms with van der Waals surface area (Å²) in [6.07, 6.45) is 0.890. The first-order valence-electron chi connectivity index (χ1n) is 5.42. The Morgan fingerprint density at radius 2 is 2.06 bits per heavy atom. The highest BCUT2D eigenvalue weighted by molar-refractivity contribution is 5.17. The molecule has 0 aliphatic heterocycles. The Balaban J connectivity index is 2.40. The molecule has 1 unspecified atom stereocenters. The fourth-order valence-electron chi connectivity index (χ4n) is 1.41. The minimum Gasteiger partial charge on any atom is -0.396 e. The van der Waals surface area contributed by atoms with Gasteiger partial charge in [0.2, 0.25) is 0 Å². The van der Waals surface area contributed by atoms with Crippen molar-refractivity contribution in [2.24, 2.45) is 5.92 Å². The predicted molar refractivity (Wildman–Crippen MR) is 58.9 cm³/mol. The zero-order valence-corrected chi connectivity index (χ0v) is 9.34. The van der Waals surface area contributed by atoms with Gasteiger partial charge in [0, 0.05) is 19.7 Å². The second-order valence-electron chi connectivity index (χ2n) is 3.84. The van der Waals surface area contributed by atoms with Crippen LogP contribution in [0.4, 0.5) is 8.78 Å². The van der Waals surface area contributed by atoms with Crippen molar-refractivity contribution in [3.63, 3.8) is 0 Å². The molecule has 0 radical (unpaired) electrons. The first-order valence-corrected chi connectivity index (χ1v) is 5.42. The number of aliphatic hydroxyl groups is 1. The largest absolute Gasteiger partial charge is 0.396 e. The van der Waals surface area contributed by atoms with Gasteiger partial charge in [-0.2, -0.15) is 0 Å². The van der Waals surface area contributed by atoms with Crippen LogP contribution in [0.25, 0.3) is 0 Å². The van der Waals surface area contributed by atoms with E-state index in [1.807, 2.05) is 6.92 Å². The van der Waals surface area contributed by atoms with Gasteiger partial charge in [-0.1, -0.05) is 13.0 Å². The molecule has 1 atom stereocenters. The molecule has 2 N–H and O–H groups in total. The first-order chi connectivity index (χ1) is 7.67. The summed E-state index contributed by atoms with van der Waals surface area (Å²) in [6.45, 7) is 3.29. The molecule has 1 aromatic rings. The average molecular weight is 229 g/mol. The molecule has 0 aliphatic carbocycles. The van der Waals surface area contributed by atoms with E-state index in [2.05, 4.69) is 5.32 Å². The van der Waals surface area contributed by atoms with Crippen LogP contribution in [-0.2, 0) is 6.54 Å². The second kappa shape index (κ2) is 6.55. The minimum atomic E-state index is -0.828. The molecular weight excluding hydrogens is 212 g/mol. The quantitative estimate of drug-likeness (QED) is 0.782. The average Bonchev–Trinajstić information content (AvgIpc) is 2.29. The van der Waals surface area contributed by atoms with E-state index < -0.39 is 11.6 Å². The van der Waals surface area contributed by atoms with Gasteiger partial charge in [0.1, 0.15) is 0 Å². The van der Waals surface area contributed by atoms with Gasteiger partial charge in [0.05, 0.1) is 0 Å².